The molecule has 0 saturated heterocycles. The normalized spacial score (nSPS) is 10.8. The Morgan fingerprint density at radius 2 is 1.86 bits per heavy atom. The predicted octanol–water partition coefficient (Wildman–Crippen LogP) is 1.99. The van der Waals surface area contributed by atoms with Crippen molar-refractivity contribution >= 4 is 32.6 Å². The van der Waals surface area contributed by atoms with Crippen LogP contribution in [0.5, 0.6) is 5.75 Å². The molecule has 1 amide bonds. The van der Waals surface area contributed by atoms with Gasteiger partial charge in [0.25, 0.3) is 5.91 Å². The van der Waals surface area contributed by atoms with Gasteiger partial charge in [-0.1, -0.05) is 23.5 Å². The van der Waals surface area contributed by atoms with Gasteiger partial charge in [0, 0.05) is 11.6 Å². The van der Waals surface area contributed by atoms with Gasteiger partial charge in [0.05, 0.1) is 17.3 Å². The van der Waals surface area contributed by atoms with Gasteiger partial charge in [0.2, 0.25) is 0 Å². The number of hydrogen-bond acceptors (Lipinski definition) is 4. The molecule has 1 N–H and O–H groups in total. The fourth-order valence-electron chi connectivity index (χ4n) is 2.70. The lowest BCUT2D eigenvalue weighted by Gasteiger charge is -2.00. The second kappa shape index (κ2) is 8.28. The molecule has 0 fully saturated rings. The second-order valence-corrected chi connectivity index (χ2v) is 10.3. The summed E-state index contributed by atoms with van der Waals surface area (Å²) in [5, 5.41) is 3.54. The summed E-state index contributed by atoms with van der Waals surface area (Å²) in [6, 6.07) is 22.1. The highest BCUT2D eigenvalue weighted by Gasteiger charge is 2.17. The number of methoxy groups -OCH3 is 1. The fourth-order valence-corrected chi connectivity index (χ4v) is 5.95. The van der Waals surface area contributed by atoms with Crippen LogP contribution >= 0.6 is 11.3 Å². The van der Waals surface area contributed by atoms with E-state index in [9.17, 15) is 4.79 Å². The molecule has 4 nitrogen and oxygen atoms in total. The summed E-state index contributed by atoms with van der Waals surface area (Å²) in [6.07, 6.45) is 0. The molecular formula is C22H18IN2O2S+. The van der Waals surface area contributed by atoms with E-state index in [0.29, 0.717) is 10.7 Å². The number of benzene rings is 3. The highest BCUT2D eigenvalue weighted by molar-refractivity contribution is 7.22. The smallest absolute Gasteiger partial charge is 0.358 e. The Balaban J connectivity index is 1.45. The van der Waals surface area contributed by atoms with Crippen molar-refractivity contribution in [2.45, 2.75) is 6.92 Å². The molecule has 1 heterocycles. The van der Waals surface area contributed by atoms with E-state index < -0.39 is 0 Å². The monoisotopic (exact) mass is 501 g/mol. The number of fused-ring (bicyclic) bond motifs is 1. The van der Waals surface area contributed by atoms with Crippen molar-refractivity contribution in [1.29, 1.82) is 0 Å². The molecule has 4 aromatic rings. The van der Waals surface area contributed by atoms with Gasteiger partial charge in [0.15, 0.2) is 12.3 Å². The van der Waals surface area contributed by atoms with Gasteiger partial charge < -0.3 is 4.74 Å². The van der Waals surface area contributed by atoms with E-state index in [1.54, 1.807) is 7.11 Å². The average molecular weight is 501 g/mol. The lowest BCUT2D eigenvalue weighted by atomic mass is 10.2. The first-order chi connectivity index (χ1) is 13.6. The number of halogens is 1. The molecule has 0 radical (unpaired) electrons. The Hall–Kier alpha value is -2.45. The van der Waals surface area contributed by atoms with Crippen molar-refractivity contribution in [3.63, 3.8) is 0 Å². The molecule has 1 aromatic heterocycles. The molecule has 140 valence electrons. The quantitative estimate of drug-likeness (QED) is 0.426. The maximum atomic E-state index is 12.6. The van der Waals surface area contributed by atoms with Crippen LogP contribution < -0.4 is 31.3 Å². The van der Waals surface area contributed by atoms with Crippen molar-refractivity contribution in [2.24, 2.45) is 0 Å². The molecule has 0 atom stereocenters. The number of thiazole rings is 1. The summed E-state index contributed by atoms with van der Waals surface area (Å²) >= 11 is 1.18. The number of carbonyl (C=O) groups excluding carboxylic acids is 1. The molecule has 0 spiro atoms. The number of aromatic nitrogens is 1. The first-order valence-corrected chi connectivity index (χ1v) is 11.7. The zero-order chi connectivity index (χ0) is 19.5. The number of rotatable bonds is 5. The Morgan fingerprint density at radius 1 is 1.04 bits per heavy atom. The Bertz CT molecular complexity index is 1140. The minimum absolute atomic E-state index is 0.137. The molecule has 3 aromatic carbocycles. The van der Waals surface area contributed by atoms with Crippen molar-refractivity contribution < 1.29 is 30.7 Å². The van der Waals surface area contributed by atoms with Crippen LogP contribution in [0.3, 0.4) is 0 Å². The number of hydrogen-bond donors (Lipinski definition) is 1. The number of amides is 1. The molecule has 0 saturated carbocycles. The van der Waals surface area contributed by atoms with Crippen LogP contribution in [-0.4, -0.2) is 18.0 Å². The van der Waals surface area contributed by atoms with Crippen molar-refractivity contribution in [2.75, 3.05) is 12.4 Å². The van der Waals surface area contributed by atoms with Crippen molar-refractivity contribution in [3.05, 3.63) is 85.0 Å². The SMILES string of the molecule is COc1cccc([I+]c2ccc(C(=O)Nc3nc4ccc(C)cc4s3)cc2)c1. The third-order valence-corrected chi connectivity index (χ3v) is 7.69. The summed E-state index contributed by atoms with van der Waals surface area (Å²) in [5.74, 6) is 0.737. The lowest BCUT2D eigenvalue weighted by molar-refractivity contribution is -0.597. The molecule has 0 unspecified atom stereocenters. The predicted molar refractivity (Wildman–Crippen MR) is 109 cm³/mol. The molecule has 0 bridgehead atoms. The summed E-state index contributed by atoms with van der Waals surface area (Å²) in [5.41, 5.74) is 2.72. The standard InChI is InChI=1S/C22H17IN2O2S/c1-14-6-11-19-20(12-14)28-22(24-19)25-21(26)15-7-9-16(10-8-15)23-17-4-3-5-18(13-17)27-2/h3-13H,1-2H3/p+1. The third-order valence-electron chi connectivity index (χ3n) is 4.12. The van der Waals surface area contributed by atoms with Crippen molar-refractivity contribution in [1.82, 2.24) is 4.98 Å². The summed E-state index contributed by atoms with van der Waals surface area (Å²) < 4.78 is 8.89. The molecule has 0 aliphatic rings. The van der Waals surface area contributed by atoms with Gasteiger partial charge in [-0.05, 0) is 61.0 Å². The Morgan fingerprint density at radius 3 is 2.64 bits per heavy atom. The van der Waals surface area contributed by atoms with Crippen LogP contribution in [0.25, 0.3) is 10.2 Å². The van der Waals surface area contributed by atoms with Crippen LogP contribution in [0.4, 0.5) is 5.13 Å². The Labute approximate surface area is 177 Å². The second-order valence-electron chi connectivity index (χ2n) is 6.21. The fraction of sp³-hybridized carbons (Fsp3) is 0.0909. The minimum Gasteiger partial charge on any atom is -0.497 e. The zero-order valence-electron chi connectivity index (χ0n) is 15.4. The first kappa shape index (κ1) is 18.9. The first-order valence-electron chi connectivity index (χ1n) is 8.68. The van der Waals surface area contributed by atoms with E-state index in [1.165, 1.54) is 24.0 Å². The van der Waals surface area contributed by atoms with Gasteiger partial charge in [-0.3, -0.25) is 10.1 Å². The lowest BCUT2D eigenvalue weighted by Crippen LogP contribution is -3.61. The van der Waals surface area contributed by atoms with Gasteiger partial charge in [-0.2, -0.15) is 0 Å². The summed E-state index contributed by atoms with van der Waals surface area (Å²) in [4.78, 5) is 17.0. The molecule has 0 aliphatic heterocycles. The van der Waals surface area contributed by atoms with E-state index in [2.05, 4.69) is 28.5 Å². The average Bonchev–Trinajstić information content (AvgIpc) is 3.10. The molecule has 28 heavy (non-hydrogen) atoms. The van der Waals surface area contributed by atoms with Crippen LogP contribution in [0.15, 0.2) is 66.7 Å². The van der Waals surface area contributed by atoms with Crippen molar-refractivity contribution in [3.8, 4) is 5.75 Å². The zero-order valence-corrected chi connectivity index (χ0v) is 18.4. The van der Waals surface area contributed by atoms with E-state index in [-0.39, 0.29) is 27.1 Å². The van der Waals surface area contributed by atoms with Gasteiger partial charge in [-0.25, -0.2) is 4.98 Å². The largest absolute Gasteiger partial charge is 0.497 e. The summed E-state index contributed by atoms with van der Waals surface area (Å²) in [6.45, 7) is 2.05. The summed E-state index contributed by atoms with van der Waals surface area (Å²) in [7, 11) is 1.68. The highest BCUT2D eigenvalue weighted by Crippen LogP contribution is 2.26. The number of anilines is 1. The Kier molecular flexibility index (Phi) is 5.59. The maximum absolute atomic E-state index is 12.6. The molecule has 0 aliphatic carbocycles. The van der Waals surface area contributed by atoms with Gasteiger partial charge in [-0.15, -0.1) is 0 Å². The molecular weight excluding hydrogens is 483 g/mol. The maximum Gasteiger partial charge on any atom is 0.358 e. The number of ether oxygens (including phenoxy) is 1. The number of nitrogens with zero attached hydrogens (tertiary/aromatic N) is 1. The topological polar surface area (TPSA) is 51.2 Å². The number of carbonyl (C=O) groups is 1. The van der Waals surface area contributed by atoms with Gasteiger partial charge in [0.1, 0.15) is 5.75 Å². The van der Waals surface area contributed by atoms with Crippen LogP contribution in [0, 0.1) is 14.1 Å². The third kappa shape index (κ3) is 4.34. The molecule has 4 rings (SSSR count). The van der Waals surface area contributed by atoms with Crippen LogP contribution in [0.2, 0.25) is 0 Å². The van der Waals surface area contributed by atoms with E-state index in [4.69, 9.17) is 4.74 Å². The minimum atomic E-state index is -0.315. The molecule has 6 heteroatoms. The van der Waals surface area contributed by atoms with Crippen LogP contribution in [-0.2, 0) is 0 Å². The van der Waals surface area contributed by atoms with E-state index in [0.717, 1.165) is 16.0 Å². The number of aryl methyl sites for hydroxylation is 1. The highest BCUT2D eigenvalue weighted by atomic mass is 127. The van der Waals surface area contributed by atoms with Gasteiger partial charge >= 0.3 is 21.2 Å². The number of nitrogens with one attached hydrogen (secondary N) is 1. The van der Waals surface area contributed by atoms with E-state index in [1.807, 2.05) is 55.5 Å². The van der Waals surface area contributed by atoms with E-state index >= 15 is 0 Å². The van der Waals surface area contributed by atoms with Crippen LogP contribution in [0.1, 0.15) is 15.9 Å².